The molecule has 1 aliphatic rings. The van der Waals surface area contributed by atoms with Crippen molar-refractivity contribution in [3.63, 3.8) is 0 Å². The fourth-order valence-electron chi connectivity index (χ4n) is 2.42. The summed E-state index contributed by atoms with van der Waals surface area (Å²) in [5.74, 6) is 0. The van der Waals surface area contributed by atoms with E-state index in [0.717, 1.165) is 61.1 Å². The van der Waals surface area contributed by atoms with Crippen molar-refractivity contribution in [2.75, 3.05) is 45.4 Å². The highest BCUT2D eigenvalue weighted by atomic mass is 32.1. The van der Waals surface area contributed by atoms with Gasteiger partial charge in [0, 0.05) is 33.9 Å². The number of hydrogen-bond donors (Lipinski definition) is 1. The van der Waals surface area contributed by atoms with E-state index in [9.17, 15) is 5.11 Å². The third-order valence-electron chi connectivity index (χ3n) is 3.52. The van der Waals surface area contributed by atoms with Crippen molar-refractivity contribution in [2.45, 2.75) is 31.8 Å². The van der Waals surface area contributed by atoms with E-state index in [1.165, 1.54) is 0 Å². The van der Waals surface area contributed by atoms with E-state index in [1.807, 2.05) is 0 Å². The maximum atomic E-state index is 10.1. The quantitative estimate of drug-likeness (QED) is 0.744. The minimum atomic E-state index is -0.326. The van der Waals surface area contributed by atoms with Crippen molar-refractivity contribution in [2.24, 2.45) is 0 Å². The Hall–Kier alpha value is -0.690. The van der Waals surface area contributed by atoms with Gasteiger partial charge in [0.1, 0.15) is 0 Å². The molecule has 0 aromatic carbocycles. The Balaban J connectivity index is 2.07. The number of hydrogen-bond acceptors (Lipinski definition) is 6. The summed E-state index contributed by atoms with van der Waals surface area (Å²) >= 11 is 1.63. The number of rotatable bonds is 8. The largest absolute Gasteiger partial charge is 0.388 e. The summed E-state index contributed by atoms with van der Waals surface area (Å²) in [5, 5.41) is 11.1. The van der Waals surface area contributed by atoms with E-state index in [1.54, 1.807) is 25.6 Å². The zero-order valence-corrected chi connectivity index (χ0v) is 13.1. The number of thiazole rings is 1. The maximum absolute atomic E-state index is 10.1. The molecule has 20 heavy (non-hydrogen) atoms. The lowest BCUT2D eigenvalue weighted by molar-refractivity contribution is 0.160. The Morgan fingerprint density at radius 3 is 2.80 bits per heavy atom. The molecule has 0 amide bonds. The monoisotopic (exact) mass is 300 g/mol. The molecule has 1 N–H and O–H groups in total. The van der Waals surface area contributed by atoms with Crippen LogP contribution < -0.4 is 4.90 Å². The van der Waals surface area contributed by atoms with Crippen molar-refractivity contribution < 1.29 is 14.6 Å². The number of aryl methyl sites for hydroxylation is 1. The summed E-state index contributed by atoms with van der Waals surface area (Å²) in [5.41, 5.74) is 1.08. The Bertz CT molecular complexity index is 411. The summed E-state index contributed by atoms with van der Waals surface area (Å²) in [6.45, 7) is 3.15. The van der Waals surface area contributed by atoms with E-state index >= 15 is 0 Å². The van der Waals surface area contributed by atoms with Gasteiger partial charge in [0.05, 0.1) is 23.3 Å². The Kier molecular flexibility index (Phi) is 6.22. The number of aliphatic hydroxyl groups excluding tert-OH is 1. The molecule has 5 nitrogen and oxygen atoms in total. The van der Waals surface area contributed by atoms with E-state index in [0.29, 0.717) is 6.61 Å². The Labute approximate surface area is 124 Å². The molecule has 1 aliphatic carbocycles. The lowest BCUT2D eigenvalue weighted by Crippen LogP contribution is -2.28. The summed E-state index contributed by atoms with van der Waals surface area (Å²) in [6.07, 6.45) is 3.51. The predicted octanol–water partition coefficient (Wildman–Crippen LogP) is 2.00. The lowest BCUT2D eigenvalue weighted by Gasteiger charge is -2.21. The molecular formula is C14H24N2O3S. The summed E-state index contributed by atoms with van der Waals surface area (Å²) < 4.78 is 10.3. The summed E-state index contributed by atoms with van der Waals surface area (Å²) in [4.78, 5) is 8.01. The van der Waals surface area contributed by atoms with Crippen LogP contribution in [0.25, 0.3) is 0 Å². The minimum absolute atomic E-state index is 0.326. The van der Waals surface area contributed by atoms with Gasteiger partial charge in [0.25, 0.3) is 0 Å². The highest BCUT2D eigenvalue weighted by Gasteiger charge is 2.24. The topological polar surface area (TPSA) is 54.8 Å². The number of methoxy groups -OCH3 is 2. The normalized spacial score (nSPS) is 18.1. The second-order valence-corrected chi connectivity index (χ2v) is 6.05. The first kappa shape index (κ1) is 15.7. The smallest absolute Gasteiger partial charge is 0.185 e. The van der Waals surface area contributed by atoms with Crippen LogP contribution in [0, 0.1) is 0 Å². The average Bonchev–Trinajstić information content (AvgIpc) is 2.88. The third kappa shape index (κ3) is 3.91. The molecule has 1 aromatic heterocycles. The average molecular weight is 300 g/mol. The maximum Gasteiger partial charge on any atom is 0.185 e. The number of aromatic nitrogens is 1. The fraction of sp³-hybridized carbons (Fsp3) is 0.786. The van der Waals surface area contributed by atoms with Crippen LogP contribution in [0.3, 0.4) is 0 Å². The SMILES string of the molecule is COCCCN(CCOC)c1nc2c(s1)C(O)CCC2. The number of ether oxygens (including phenoxy) is 2. The van der Waals surface area contributed by atoms with Gasteiger partial charge in [0.2, 0.25) is 0 Å². The molecule has 114 valence electrons. The van der Waals surface area contributed by atoms with Crippen LogP contribution in [0.5, 0.6) is 0 Å². The van der Waals surface area contributed by atoms with Crippen LogP contribution in [-0.2, 0) is 15.9 Å². The first-order valence-electron chi connectivity index (χ1n) is 7.16. The van der Waals surface area contributed by atoms with Crippen molar-refractivity contribution in [3.8, 4) is 0 Å². The van der Waals surface area contributed by atoms with E-state index in [2.05, 4.69) is 4.90 Å². The van der Waals surface area contributed by atoms with Crippen LogP contribution >= 0.6 is 11.3 Å². The lowest BCUT2D eigenvalue weighted by atomic mass is 10.0. The zero-order chi connectivity index (χ0) is 14.4. The van der Waals surface area contributed by atoms with Gasteiger partial charge in [-0.2, -0.15) is 0 Å². The summed E-state index contributed by atoms with van der Waals surface area (Å²) in [7, 11) is 3.43. The third-order valence-corrected chi connectivity index (χ3v) is 4.78. The Morgan fingerprint density at radius 1 is 1.30 bits per heavy atom. The van der Waals surface area contributed by atoms with Gasteiger partial charge >= 0.3 is 0 Å². The molecule has 0 bridgehead atoms. The molecule has 2 rings (SSSR count). The highest BCUT2D eigenvalue weighted by molar-refractivity contribution is 7.15. The number of aliphatic hydroxyl groups is 1. The standard InChI is InChI=1S/C14H24N2O3S/c1-18-9-4-7-16(8-10-19-2)14-15-11-5-3-6-12(17)13(11)20-14/h12,17H,3-10H2,1-2H3. The van der Waals surface area contributed by atoms with Crippen molar-refractivity contribution in [3.05, 3.63) is 10.6 Å². The molecule has 0 fully saturated rings. The van der Waals surface area contributed by atoms with Crippen molar-refractivity contribution in [1.82, 2.24) is 4.98 Å². The van der Waals surface area contributed by atoms with Crippen molar-refractivity contribution in [1.29, 1.82) is 0 Å². The van der Waals surface area contributed by atoms with Gasteiger partial charge in [-0.3, -0.25) is 0 Å². The molecule has 0 saturated carbocycles. The van der Waals surface area contributed by atoms with Crippen LogP contribution in [-0.4, -0.2) is 50.6 Å². The molecule has 1 heterocycles. The van der Waals surface area contributed by atoms with Crippen LogP contribution in [0.1, 0.15) is 35.9 Å². The molecule has 1 aromatic rings. The van der Waals surface area contributed by atoms with Gasteiger partial charge in [-0.15, -0.1) is 0 Å². The van der Waals surface area contributed by atoms with E-state index in [-0.39, 0.29) is 6.10 Å². The minimum Gasteiger partial charge on any atom is -0.388 e. The second kappa shape index (κ2) is 7.93. The zero-order valence-electron chi connectivity index (χ0n) is 12.3. The highest BCUT2D eigenvalue weighted by Crippen LogP contribution is 2.37. The molecule has 1 unspecified atom stereocenters. The van der Waals surface area contributed by atoms with Crippen LogP contribution in [0.15, 0.2) is 0 Å². The second-order valence-electron chi connectivity index (χ2n) is 5.04. The molecule has 6 heteroatoms. The summed E-state index contributed by atoms with van der Waals surface area (Å²) in [6, 6.07) is 0. The van der Waals surface area contributed by atoms with Gasteiger partial charge in [0.15, 0.2) is 5.13 Å². The Morgan fingerprint density at radius 2 is 2.10 bits per heavy atom. The predicted molar refractivity (Wildman–Crippen MR) is 80.6 cm³/mol. The van der Waals surface area contributed by atoms with Gasteiger partial charge < -0.3 is 19.5 Å². The first-order chi connectivity index (χ1) is 9.76. The van der Waals surface area contributed by atoms with Crippen LogP contribution in [0.4, 0.5) is 5.13 Å². The molecule has 0 saturated heterocycles. The van der Waals surface area contributed by atoms with Crippen LogP contribution in [0.2, 0.25) is 0 Å². The van der Waals surface area contributed by atoms with Gasteiger partial charge in [-0.1, -0.05) is 11.3 Å². The number of anilines is 1. The number of fused-ring (bicyclic) bond motifs is 1. The first-order valence-corrected chi connectivity index (χ1v) is 7.98. The molecule has 0 spiro atoms. The van der Waals surface area contributed by atoms with Crippen molar-refractivity contribution >= 4 is 16.5 Å². The van der Waals surface area contributed by atoms with Gasteiger partial charge in [-0.25, -0.2) is 4.98 Å². The molecule has 0 aliphatic heterocycles. The fourth-order valence-corrected chi connectivity index (χ4v) is 3.61. The molecular weight excluding hydrogens is 276 g/mol. The number of nitrogens with zero attached hydrogens (tertiary/aromatic N) is 2. The van der Waals surface area contributed by atoms with E-state index in [4.69, 9.17) is 14.5 Å². The van der Waals surface area contributed by atoms with Gasteiger partial charge in [-0.05, 0) is 25.7 Å². The molecule has 1 atom stereocenters. The van der Waals surface area contributed by atoms with E-state index < -0.39 is 0 Å². The molecule has 0 radical (unpaired) electrons.